The summed E-state index contributed by atoms with van der Waals surface area (Å²) in [7, 11) is 1.64. The third-order valence-electron chi connectivity index (χ3n) is 6.05. The van der Waals surface area contributed by atoms with E-state index >= 15 is 0 Å². The second-order valence-electron chi connectivity index (χ2n) is 8.22. The number of amides is 1. The van der Waals surface area contributed by atoms with Crippen molar-refractivity contribution in [2.24, 2.45) is 0 Å². The van der Waals surface area contributed by atoms with Gasteiger partial charge in [-0.25, -0.2) is 9.37 Å². The van der Waals surface area contributed by atoms with E-state index in [0.717, 1.165) is 30.6 Å². The fourth-order valence-corrected chi connectivity index (χ4v) is 4.34. The van der Waals surface area contributed by atoms with Gasteiger partial charge in [-0.2, -0.15) is 0 Å². The van der Waals surface area contributed by atoms with Gasteiger partial charge in [0, 0.05) is 30.2 Å². The fraction of sp³-hybridized carbons (Fsp3) is 0.269. The quantitative estimate of drug-likeness (QED) is 0.381. The van der Waals surface area contributed by atoms with Crippen LogP contribution in [0, 0.1) is 5.82 Å². The molecule has 4 aromatic rings. The largest absolute Gasteiger partial charge is 0.496 e. The van der Waals surface area contributed by atoms with Crippen molar-refractivity contribution >= 4 is 5.91 Å². The van der Waals surface area contributed by atoms with Crippen LogP contribution < -0.4 is 4.74 Å². The van der Waals surface area contributed by atoms with Crippen LogP contribution in [0.15, 0.2) is 69.7 Å². The van der Waals surface area contributed by atoms with E-state index < -0.39 is 5.82 Å². The van der Waals surface area contributed by atoms with Crippen molar-refractivity contribution in [3.63, 3.8) is 0 Å². The minimum absolute atomic E-state index is 0.0611. The van der Waals surface area contributed by atoms with Crippen molar-refractivity contribution in [1.29, 1.82) is 0 Å². The molecule has 1 amide bonds. The first-order valence-electron chi connectivity index (χ1n) is 11.2. The van der Waals surface area contributed by atoms with Gasteiger partial charge < -0.3 is 18.6 Å². The molecule has 0 saturated carbocycles. The Morgan fingerprint density at radius 3 is 2.85 bits per heavy atom. The SMILES string of the molecule is COc1ccccc1Cc1cnc(C2CCCCN2C(=O)c2cc(-c3ccccc3F)no2)o1. The highest BCUT2D eigenvalue weighted by Crippen LogP contribution is 2.33. The van der Waals surface area contributed by atoms with Crippen LogP contribution in [0.3, 0.4) is 0 Å². The molecule has 5 rings (SSSR count). The fourth-order valence-electron chi connectivity index (χ4n) is 4.34. The Morgan fingerprint density at radius 2 is 2.00 bits per heavy atom. The molecule has 1 atom stereocenters. The molecule has 2 aromatic carbocycles. The number of aromatic nitrogens is 2. The number of methoxy groups -OCH3 is 1. The summed E-state index contributed by atoms with van der Waals surface area (Å²) in [6.45, 7) is 0.545. The molecule has 0 bridgehead atoms. The number of hydrogen-bond donors (Lipinski definition) is 0. The third kappa shape index (κ3) is 4.31. The third-order valence-corrected chi connectivity index (χ3v) is 6.05. The zero-order chi connectivity index (χ0) is 23.5. The number of hydrogen-bond acceptors (Lipinski definition) is 6. The highest BCUT2D eigenvalue weighted by Gasteiger charge is 2.34. The van der Waals surface area contributed by atoms with E-state index in [1.54, 1.807) is 36.4 Å². The minimum atomic E-state index is -0.423. The molecule has 1 saturated heterocycles. The average molecular weight is 461 g/mol. The Kier molecular flexibility index (Phi) is 6.12. The standard InChI is InChI=1S/C26H24FN3O4/c1-32-23-12-5-2-8-17(23)14-18-16-28-25(33-18)22-11-6-7-13-30(22)26(31)24-15-21(29-34-24)19-9-3-4-10-20(19)27/h2-5,8-10,12,15-16,22H,6-7,11,13-14H2,1H3. The van der Waals surface area contributed by atoms with Gasteiger partial charge in [-0.1, -0.05) is 35.5 Å². The van der Waals surface area contributed by atoms with E-state index in [2.05, 4.69) is 10.1 Å². The van der Waals surface area contributed by atoms with E-state index in [1.165, 1.54) is 12.1 Å². The molecular weight excluding hydrogens is 437 g/mol. The van der Waals surface area contributed by atoms with Gasteiger partial charge in [0.15, 0.2) is 0 Å². The van der Waals surface area contributed by atoms with Gasteiger partial charge in [-0.05, 0) is 37.5 Å². The van der Waals surface area contributed by atoms with Crippen molar-refractivity contribution in [2.45, 2.75) is 31.7 Å². The van der Waals surface area contributed by atoms with E-state index in [4.69, 9.17) is 13.7 Å². The molecule has 1 unspecified atom stereocenters. The van der Waals surface area contributed by atoms with E-state index in [1.807, 2.05) is 24.3 Å². The Balaban J connectivity index is 1.36. The highest BCUT2D eigenvalue weighted by molar-refractivity contribution is 5.92. The summed E-state index contributed by atoms with van der Waals surface area (Å²) in [6.07, 6.45) is 4.78. The number of benzene rings is 2. The number of oxazole rings is 1. The summed E-state index contributed by atoms with van der Waals surface area (Å²) in [5, 5.41) is 3.91. The Hall–Kier alpha value is -3.94. The van der Waals surface area contributed by atoms with Crippen LogP contribution in [0.5, 0.6) is 5.75 Å². The van der Waals surface area contributed by atoms with Crippen molar-refractivity contribution in [2.75, 3.05) is 13.7 Å². The number of para-hydroxylation sites is 1. The number of rotatable bonds is 6. The predicted octanol–water partition coefficient (Wildman–Crippen LogP) is 5.44. The molecule has 0 N–H and O–H groups in total. The number of ether oxygens (including phenoxy) is 1. The highest BCUT2D eigenvalue weighted by atomic mass is 19.1. The zero-order valence-electron chi connectivity index (χ0n) is 18.7. The second-order valence-corrected chi connectivity index (χ2v) is 8.22. The summed E-state index contributed by atoms with van der Waals surface area (Å²) >= 11 is 0. The van der Waals surface area contributed by atoms with E-state index in [-0.39, 0.29) is 29.0 Å². The maximum atomic E-state index is 14.1. The second kappa shape index (κ2) is 9.51. The molecule has 34 heavy (non-hydrogen) atoms. The summed E-state index contributed by atoms with van der Waals surface area (Å²) in [5.41, 5.74) is 1.56. The van der Waals surface area contributed by atoms with Crippen LogP contribution in [0.1, 0.15) is 53.1 Å². The molecule has 3 heterocycles. The first kappa shape index (κ1) is 21.9. The predicted molar refractivity (Wildman–Crippen MR) is 122 cm³/mol. The number of piperidine rings is 1. The van der Waals surface area contributed by atoms with Crippen LogP contribution in [0.25, 0.3) is 11.3 Å². The molecule has 0 aliphatic carbocycles. The van der Waals surface area contributed by atoms with Crippen molar-refractivity contribution < 1.29 is 22.9 Å². The first-order chi connectivity index (χ1) is 16.6. The molecule has 0 spiro atoms. The summed E-state index contributed by atoms with van der Waals surface area (Å²) in [4.78, 5) is 19.5. The monoisotopic (exact) mass is 461 g/mol. The van der Waals surface area contributed by atoms with E-state index in [9.17, 15) is 9.18 Å². The number of carbonyl (C=O) groups is 1. The Bertz CT molecular complexity index is 1300. The lowest BCUT2D eigenvalue weighted by Crippen LogP contribution is -2.38. The van der Waals surface area contributed by atoms with Crippen molar-refractivity contribution in [1.82, 2.24) is 15.0 Å². The summed E-state index contributed by atoms with van der Waals surface area (Å²) in [5.74, 6) is 1.29. The number of likely N-dealkylation sites (tertiary alicyclic amines) is 1. The van der Waals surface area contributed by atoms with Gasteiger partial charge in [-0.3, -0.25) is 4.79 Å². The number of carbonyl (C=O) groups excluding carboxylic acids is 1. The van der Waals surface area contributed by atoms with Crippen LogP contribution in [-0.4, -0.2) is 34.6 Å². The normalized spacial score (nSPS) is 15.9. The average Bonchev–Trinajstić information content (AvgIpc) is 3.54. The van der Waals surface area contributed by atoms with Gasteiger partial charge in [0.25, 0.3) is 5.91 Å². The minimum Gasteiger partial charge on any atom is -0.496 e. The Morgan fingerprint density at radius 1 is 1.18 bits per heavy atom. The maximum absolute atomic E-state index is 14.1. The molecule has 1 aliphatic heterocycles. The molecule has 1 aliphatic rings. The lowest BCUT2D eigenvalue weighted by Gasteiger charge is -2.32. The topological polar surface area (TPSA) is 81.6 Å². The maximum Gasteiger partial charge on any atom is 0.293 e. The van der Waals surface area contributed by atoms with Crippen LogP contribution in [-0.2, 0) is 6.42 Å². The molecule has 8 heteroatoms. The lowest BCUT2D eigenvalue weighted by atomic mass is 10.0. The van der Waals surface area contributed by atoms with Gasteiger partial charge in [0.05, 0.1) is 13.3 Å². The summed E-state index contributed by atoms with van der Waals surface area (Å²) < 4.78 is 30.9. The van der Waals surface area contributed by atoms with Gasteiger partial charge in [0.1, 0.15) is 29.1 Å². The lowest BCUT2D eigenvalue weighted by molar-refractivity contribution is 0.0528. The van der Waals surface area contributed by atoms with Crippen LogP contribution in [0.4, 0.5) is 4.39 Å². The van der Waals surface area contributed by atoms with Gasteiger partial charge >= 0.3 is 0 Å². The van der Waals surface area contributed by atoms with Crippen LogP contribution in [0.2, 0.25) is 0 Å². The van der Waals surface area contributed by atoms with Crippen LogP contribution >= 0.6 is 0 Å². The molecule has 2 aromatic heterocycles. The number of nitrogens with zero attached hydrogens (tertiary/aromatic N) is 3. The van der Waals surface area contributed by atoms with Crippen molar-refractivity contribution in [3.05, 3.63) is 89.6 Å². The van der Waals surface area contributed by atoms with Gasteiger partial charge in [-0.15, -0.1) is 0 Å². The van der Waals surface area contributed by atoms with Gasteiger partial charge in [0.2, 0.25) is 11.7 Å². The summed E-state index contributed by atoms with van der Waals surface area (Å²) in [6, 6.07) is 15.2. The van der Waals surface area contributed by atoms with Crippen molar-refractivity contribution in [3.8, 4) is 17.0 Å². The Labute approximate surface area is 196 Å². The smallest absolute Gasteiger partial charge is 0.293 e. The zero-order valence-corrected chi connectivity index (χ0v) is 18.7. The first-order valence-corrected chi connectivity index (χ1v) is 11.2. The number of halogens is 1. The molecular formula is C26H24FN3O4. The molecule has 0 radical (unpaired) electrons. The molecule has 7 nitrogen and oxygen atoms in total. The van der Waals surface area contributed by atoms with E-state index in [0.29, 0.717) is 24.6 Å². The molecule has 1 fully saturated rings. The molecule has 174 valence electrons.